The number of allylic oxidation sites excluding steroid dienone is 2. The van der Waals surface area contributed by atoms with E-state index in [1.165, 1.54) is 141 Å². The first-order valence-electron chi connectivity index (χ1n) is 17.5. The Balaban J connectivity index is 0. The molecule has 0 rings (SSSR count). The van der Waals surface area contributed by atoms with Gasteiger partial charge in [0, 0.05) is 12.8 Å². The van der Waals surface area contributed by atoms with Gasteiger partial charge in [-0.1, -0.05) is 161 Å². The molecule has 0 aromatic heterocycles. The van der Waals surface area contributed by atoms with E-state index in [1.54, 1.807) is 0 Å². The molecule has 40 heavy (non-hydrogen) atoms. The molecule has 238 valence electrons. The van der Waals surface area contributed by atoms with Gasteiger partial charge in [0.1, 0.15) is 0 Å². The molecule has 0 aliphatic heterocycles. The number of carboxylic acid groups (broad SMARTS) is 2. The molecule has 0 unspecified atom stereocenters. The maximum atomic E-state index is 10.3. The maximum absolute atomic E-state index is 10.3. The molecule has 0 amide bonds. The van der Waals surface area contributed by atoms with Gasteiger partial charge in [-0.05, 0) is 44.4 Å². The summed E-state index contributed by atoms with van der Waals surface area (Å²) in [5, 5.41) is 17.0. The first-order valence-corrected chi connectivity index (χ1v) is 17.5. The summed E-state index contributed by atoms with van der Waals surface area (Å²) in [5.74, 6) is -0.452. The molecule has 0 atom stereocenters. The van der Waals surface area contributed by atoms with Gasteiger partial charge in [-0.3, -0.25) is 9.59 Å². The van der Waals surface area contributed by atoms with E-state index >= 15 is 0 Å². The van der Waals surface area contributed by atoms with Gasteiger partial charge in [0.25, 0.3) is 0 Å². The zero-order valence-electron chi connectivity index (χ0n) is 27.2. The molecule has 4 heteroatoms. The van der Waals surface area contributed by atoms with Crippen LogP contribution in [0.4, 0.5) is 0 Å². The number of rotatable bonds is 30. The van der Waals surface area contributed by atoms with Crippen molar-refractivity contribution in [2.24, 2.45) is 5.92 Å². The van der Waals surface area contributed by atoms with Gasteiger partial charge >= 0.3 is 11.9 Å². The van der Waals surface area contributed by atoms with Crippen LogP contribution in [0.5, 0.6) is 0 Å². The van der Waals surface area contributed by atoms with E-state index in [2.05, 4.69) is 32.9 Å². The third-order valence-electron chi connectivity index (χ3n) is 7.57. The fourth-order valence-corrected chi connectivity index (χ4v) is 4.94. The smallest absolute Gasteiger partial charge is 0.303 e. The predicted molar refractivity (Wildman–Crippen MR) is 174 cm³/mol. The van der Waals surface area contributed by atoms with Gasteiger partial charge in [0.05, 0.1) is 0 Å². The molecule has 0 aromatic rings. The minimum atomic E-state index is -0.664. The second kappa shape index (κ2) is 35.7. The Kier molecular flexibility index (Phi) is 36.4. The minimum Gasteiger partial charge on any atom is -0.481 e. The Morgan fingerprint density at radius 1 is 0.475 bits per heavy atom. The first-order chi connectivity index (χ1) is 19.4. The van der Waals surface area contributed by atoms with Gasteiger partial charge in [-0.25, -0.2) is 0 Å². The Labute approximate surface area is 250 Å². The van der Waals surface area contributed by atoms with E-state index in [-0.39, 0.29) is 0 Å². The molecule has 4 nitrogen and oxygen atoms in total. The average Bonchev–Trinajstić information content (AvgIpc) is 2.91. The van der Waals surface area contributed by atoms with Gasteiger partial charge in [0.2, 0.25) is 0 Å². The Hall–Kier alpha value is -1.32. The van der Waals surface area contributed by atoms with Crippen LogP contribution < -0.4 is 0 Å². The van der Waals surface area contributed by atoms with Crippen molar-refractivity contribution in [3.8, 4) is 0 Å². The van der Waals surface area contributed by atoms with Crippen LogP contribution in [0.15, 0.2) is 12.2 Å². The van der Waals surface area contributed by atoms with Crippen molar-refractivity contribution in [1.29, 1.82) is 0 Å². The number of hydrogen-bond donors (Lipinski definition) is 2. The van der Waals surface area contributed by atoms with Crippen LogP contribution in [0, 0.1) is 5.92 Å². The molecular weight excluding hydrogens is 496 g/mol. The van der Waals surface area contributed by atoms with Crippen molar-refractivity contribution in [2.75, 3.05) is 0 Å². The van der Waals surface area contributed by atoms with Crippen molar-refractivity contribution < 1.29 is 19.8 Å². The second-order valence-corrected chi connectivity index (χ2v) is 12.3. The summed E-state index contributed by atoms with van der Waals surface area (Å²) in [6.45, 7) is 6.87. The minimum absolute atomic E-state index is 0.332. The third-order valence-corrected chi connectivity index (χ3v) is 7.57. The van der Waals surface area contributed by atoms with Crippen LogP contribution in [0.1, 0.15) is 201 Å². The lowest BCUT2D eigenvalue weighted by molar-refractivity contribution is -0.138. The molecule has 0 fully saturated rings. The first kappa shape index (κ1) is 40.8. The third kappa shape index (κ3) is 43.7. The highest BCUT2D eigenvalue weighted by molar-refractivity contribution is 5.66. The molecule has 0 aliphatic carbocycles. The molecule has 0 saturated carbocycles. The number of unbranched alkanes of at least 4 members (excludes halogenated alkanes) is 22. The molecule has 0 bridgehead atoms. The molecular formula is C36H70O4. The Morgan fingerprint density at radius 3 is 1.10 bits per heavy atom. The van der Waals surface area contributed by atoms with Crippen molar-refractivity contribution in [1.82, 2.24) is 0 Å². The summed E-state index contributed by atoms with van der Waals surface area (Å²) in [6.07, 6.45) is 38.6. The van der Waals surface area contributed by atoms with Crippen LogP contribution in [-0.2, 0) is 9.59 Å². The van der Waals surface area contributed by atoms with Crippen molar-refractivity contribution in [3.63, 3.8) is 0 Å². The van der Waals surface area contributed by atoms with Crippen molar-refractivity contribution in [3.05, 3.63) is 12.2 Å². The lowest BCUT2D eigenvalue weighted by Crippen LogP contribution is -1.93. The number of carbonyl (C=O) groups is 2. The van der Waals surface area contributed by atoms with Gasteiger partial charge in [-0.2, -0.15) is 0 Å². The Bertz CT molecular complexity index is 541. The SMILES string of the molecule is CC(C)CCCCCCCCCCCCCCC(=O)O.CCCCCCCC/C=C\CCCCCCCC(=O)O. The highest BCUT2D eigenvalue weighted by Crippen LogP contribution is 2.14. The summed E-state index contributed by atoms with van der Waals surface area (Å²) in [5.41, 5.74) is 0. The number of carboxylic acids is 2. The highest BCUT2D eigenvalue weighted by Gasteiger charge is 1.98. The van der Waals surface area contributed by atoms with E-state index in [0.29, 0.717) is 12.8 Å². The number of hydrogen-bond acceptors (Lipinski definition) is 2. The summed E-state index contributed by atoms with van der Waals surface area (Å²) in [4.78, 5) is 20.7. The summed E-state index contributed by atoms with van der Waals surface area (Å²) < 4.78 is 0. The highest BCUT2D eigenvalue weighted by atomic mass is 16.4. The van der Waals surface area contributed by atoms with Gasteiger partial charge < -0.3 is 10.2 Å². The van der Waals surface area contributed by atoms with Crippen LogP contribution in [0.25, 0.3) is 0 Å². The molecule has 2 N–H and O–H groups in total. The van der Waals surface area contributed by atoms with E-state index < -0.39 is 11.9 Å². The van der Waals surface area contributed by atoms with Crippen LogP contribution in [0.3, 0.4) is 0 Å². The topological polar surface area (TPSA) is 74.6 Å². The van der Waals surface area contributed by atoms with Crippen molar-refractivity contribution >= 4 is 11.9 Å². The van der Waals surface area contributed by atoms with Crippen LogP contribution in [0.2, 0.25) is 0 Å². The number of aliphatic carboxylic acids is 2. The normalized spacial score (nSPS) is 11.2. The lowest BCUT2D eigenvalue weighted by atomic mass is 10.0. The van der Waals surface area contributed by atoms with E-state index in [4.69, 9.17) is 10.2 Å². The molecule has 0 aromatic carbocycles. The van der Waals surface area contributed by atoms with E-state index in [1.807, 2.05) is 0 Å². The standard InChI is InChI=1S/C18H36O2.C18H34O2/c1-17(2)15-13-11-9-7-5-3-4-6-8-10-12-14-16-18(19)20;1-2-3-4-5-6-7-8-9-10-11-12-13-14-15-16-17-18(19)20/h17H,3-16H2,1-2H3,(H,19,20);9-10H,2-8,11-17H2,1H3,(H,19,20)/b;10-9-. The van der Waals surface area contributed by atoms with E-state index in [0.717, 1.165) is 31.6 Å². The largest absolute Gasteiger partial charge is 0.481 e. The fourth-order valence-electron chi connectivity index (χ4n) is 4.94. The summed E-state index contributed by atoms with van der Waals surface area (Å²) in [7, 11) is 0. The van der Waals surface area contributed by atoms with Crippen LogP contribution >= 0.6 is 0 Å². The average molecular weight is 567 g/mol. The van der Waals surface area contributed by atoms with Crippen LogP contribution in [-0.4, -0.2) is 22.2 Å². The summed E-state index contributed by atoms with van der Waals surface area (Å²) in [6, 6.07) is 0. The van der Waals surface area contributed by atoms with E-state index in [9.17, 15) is 9.59 Å². The molecule has 0 aliphatic rings. The molecule has 0 heterocycles. The monoisotopic (exact) mass is 567 g/mol. The van der Waals surface area contributed by atoms with Crippen molar-refractivity contribution in [2.45, 2.75) is 201 Å². The summed E-state index contributed by atoms with van der Waals surface area (Å²) >= 11 is 0. The molecule has 0 radical (unpaired) electrons. The Morgan fingerprint density at radius 2 is 0.775 bits per heavy atom. The lowest BCUT2D eigenvalue weighted by Gasteiger charge is -2.04. The predicted octanol–water partition coefficient (Wildman–Crippen LogP) is 12.3. The second-order valence-electron chi connectivity index (χ2n) is 12.3. The van der Waals surface area contributed by atoms with Gasteiger partial charge in [0.15, 0.2) is 0 Å². The zero-order chi connectivity index (χ0) is 29.9. The quantitative estimate of drug-likeness (QED) is 0.0669. The maximum Gasteiger partial charge on any atom is 0.303 e. The molecule has 0 spiro atoms. The zero-order valence-corrected chi connectivity index (χ0v) is 27.2. The molecule has 0 saturated heterocycles. The fraction of sp³-hybridized carbons (Fsp3) is 0.889. The van der Waals surface area contributed by atoms with Gasteiger partial charge in [-0.15, -0.1) is 0 Å².